The Labute approximate surface area is 210 Å². The maximum absolute atomic E-state index is 13.4. The van der Waals surface area contributed by atoms with E-state index in [4.69, 9.17) is 4.74 Å². The molecule has 0 bridgehead atoms. The molecule has 35 heavy (non-hydrogen) atoms. The van der Waals surface area contributed by atoms with Crippen LogP contribution in [0.3, 0.4) is 0 Å². The van der Waals surface area contributed by atoms with Crippen LogP contribution in [0.25, 0.3) is 0 Å². The fourth-order valence-electron chi connectivity index (χ4n) is 3.25. The zero-order chi connectivity index (χ0) is 25.3. The standard InChI is InChI=1S/C26H29FN2O4S2/c1-3-33-24-12-10-23(11-13-24)29(35(31,32)25-14-8-22(27)9-15-25)18-26(30)28-16-17-34-19-21-6-4-20(2)5-7-21/h4-15H,3,16-19H2,1-2H3,(H,28,30). The van der Waals surface area contributed by atoms with E-state index < -0.39 is 28.3 Å². The monoisotopic (exact) mass is 516 g/mol. The summed E-state index contributed by atoms with van der Waals surface area (Å²) in [6.45, 7) is 4.36. The number of carbonyl (C=O) groups excluding carboxylic acids is 1. The molecule has 1 amide bonds. The summed E-state index contributed by atoms with van der Waals surface area (Å²) in [4.78, 5) is 12.6. The smallest absolute Gasteiger partial charge is 0.264 e. The van der Waals surface area contributed by atoms with E-state index in [1.165, 1.54) is 23.3 Å². The molecule has 0 aromatic heterocycles. The molecular weight excluding hydrogens is 487 g/mol. The SMILES string of the molecule is CCOc1ccc(N(CC(=O)NCCSCc2ccc(C)cc2)S(=O)(=O)c2ccc(F)cc2)cc1. The highest BCUT2D eigenvalue weighted by atomic mass is 32.2. The van der Waals surface area contributed by atoms with Gasteiger partial charge >= 0.3 is 0 Å². The van der Waals surface area contributed by atoms with E-state index in [1.54, 1.807) is 36.0 Å². The van der Waals surface area contributed by atoms with Crippen molar-refractivity contribution < 1.29 is 22.3 Å². The molecule has 0 aliphatic heterocycles. The molecule has 3 rings (SSSR count). The largest absolute Gasteiger partial charge is 0.494 e. The van der Waals surface area contributed by atoms with Crippen molar-refractivity contribution in [1.82, 2.24) is 5.32 Å². The van der Waals surface area contributed by atoms with Gasteiger partial charge in [0.2, 0.25) is 5.91 Å². The van der Waals surface area contributed by atoms with E-state index in [-0.39, 0.29) is 4.90 Å². The Balaban J connectivity index is 1.66. The fourth-order valence-corrected chi connectivity index (χ4v) is 5.49. The van der Waals surface area contributed by atoms with Crippen LogP contribution in [-0.4, -0.2) is 39.8 Å². The molecule has 0 aliphatic rings. The zero-order valence-electron chi connectivity index (χ0n) is 19.7. The van der Waals surface area contributed by atoms with E-state index in [2.05, 4.69) is 29.6 Å². The lowest BCUT2D eigenvalue weighted by Gasteiger charge is -2.24. The van der Waals surface area contributed by atoms with Gasteiger partial charge in [-0.3, -0.25) is 9.10 Å². The Bertz CT molecular complexity index is 1200. The number of hydrogen-bond donors (Lipinski definition) is 1. The quantitative estimate of drug-likeness (QED) is 0.351. The number of hydrogen-bond acceptors (Lipinski definition) is 5. The second-order valence-corrected chi connectivity index (χ2v) is 10.7. The van der Waals surface area contributed by atoms with Gasteiger partial charge in [0, 0.05) is 18.1 Å². The third-order valence-corrected chi connectivity index (χ3v) is 7.90. The van der Waals surface area contributed by atoms with Crippen molar-refractivity contribution >= 4 is 33.4 Å². The van der Waals surface area contributed by atoms with Crippen LogP contribution >= 0.6 is 11.8 Å². The first-order chi connectivity index (χ1) is 16.8. The highest BCUT2D eigenvalue weighted by Gasteiger charge is 2.27. The molecule has 9 heteroatoms. The van der Waals surface area contributed by atoms with E-state index in [1.807, 2.05) is 13.8 Å². The van der Waals surface area contributed by atoms with Crippen molar-refractivity contribution in [3.63, 3.8) is 0 Å². The fraction of sp³-hybridized carbons (Fsp3) is 0.269. The predicted molar refractivity (Wildman–Crippen MR) is 139 cm³/mol. The van der Waals surface area contributed by atoms with Crippen LogP contribution in [0.5, 0.6) is 5.75 Å². The molecule has 6 nitrogen and oxygen atoms in total. The molecule has 3 aromatic carbocycles. The molecule has 0 aliphatic carbocycles. The van der Waals surface area contributed by atoms with Gasteiger partial charge in [-0.1, -0.05) is 29.8 Å². The summed E-state index contributed by atoms with van der Waals surface area (Å²) < 4.78 is 46.5. The highest BCUT2D eigenvalue weighted by molar-refractivity contribution is 7.98. The van der Waals surface area contributed by atoms with E-state index >= 15 is 0 Å². The average molecular weight is 517 g/mol. The van der Waals surface area contributed by atoms with Crippen molar-refractivity contribution in [3.8, 4) is 5.75 Å². The summed E-state index contributed by atoms with van der Waals surface area (Å²) in [5.41, 5.74) is 2.72. The summed E-state index contributed by atoms with van der Waals surface area (Å²) in [5.74, 6) is 1.13. The molecule has 0 spiro atoms. The van der Waals surface area contributed by atoms with Crippen LogP contribution in [0.15, 0.2) is 77.7 Å². The van der Waals surface area contributed by atoms with Gasteiger partial charge in [-0.05, 0) is 67.9 Å². The molecule has 0 unspecified atom stereocenters. The Hall–Kier alpha value is -3.04. The summed E-state index contributed by atoms with van der Waals surface area (Å²) in [5, 5.41) is 2.79. The molecule has 0 heterocycles. The Morgan fingerprint density at radius 1 is 1.00 bits per heavy atom. The topological polar surface area (TPSA) is 75.7 Å². The second kappa shape index (κ2) is 12.6. The molecule has 0 fully saturated rings. The number of ether oxygens (including phenoxy) is 1. The molecule has 0 saturated heterocycles. The molecular formula is C26H29FN2O4S2. The van der Waals surface area contributed by atoms with Crippen LogP contribution in [0.4, 0.5) is 10.1 Å². The second-order valence-electron chi connectivity index (χ2n) is 7.78. The number of amides is 1. The van der Waals surface area contributed by atoms with Crippen LogP contribution in [-0.2, 0) is 20.6 Å². The number of halogens is 1. The number of rotatable bonds is 12. The van der Waals surface area contributed by atoms with E-state index in [9.17, 15) is 17.6 Å². The number of benzene rings is 3. The Morgan fingerprint density at radius 2 is 1.66 bits per heavy atom. The number of carbonyl (C=O) groups is 1. The van der Waals surface area contributed by atoms with Gasteiger partial charge in [0.05, 0.1) is 17.2 Å². The number of nitrogens with zero attached hydrogens (tertiary/aromatic N) is 1. The van der Waals surface area contributed by atoms with Gasteiger partial charge in [-0.2, -0.15) is 11.8 Å². The van der Waals surface area contributed by atoms with Gasteiger partial charge in [0.15, 0.2) is 0 Å². The first-order valence-electron chi connectivity index (χ1n) is 11.2. The maximum Gasteiger partial charge on any atom is 0.264 e. The van der Waals surface area contributed by atoms with E-state index in [0.29, 0.717) is 30.3 Å². The number of aryl methyl sites for hydroxylation is 1. The highest BCUT2D eigenvalue weighted by Crippen LogP contribution is 2.26. The number of sulfonamides is 1. The minimum Gasteiger partial charge on any atom is -0.494 e. The van der Waals surface area contributed by atoms with Gasteiger partial charge in [0.25, 0.3) is 10.0 Å². The van der Waals surface area contributed by atoms with Crippen molar-refractivity contribution in [2.24, 2.45) is 0 Å². The lowest BCUT2D eigenvalue weighted by atomic mass is 10.2. The summed E-state index contributed by atoms with van der Waals surface area (Å²) in [6, 6.07) is 19.3. The first-order valence-corrected chi connectivity index (χ1v) is 13.8. The first kappa shape index (κ1) is 26.6. The van der Waals surface area contributed by atoms with Crippen LogP contribution in [0.2, 0.25) is 0 Å². The minimum atomic E-state index is -4.11. The van der Waals surface area contributed by atoms with Crippen molar-refractivity contribution in [3.05, 3.63) is 89.7 Å². The number of anilines is 1. The van der Waals surface area contributed by atoms with Crippen molar-refractivity contribution in [2.45, 2.75) is 24.5 Å². The van der Waals surface area contributed by atoms with Crippen LogP contribution in [0.1, 0.15) is 18.1 Å². The molecule has 0 radical (unpaired) electrons. The zero-order valence-corrected chi connectivity index (χ0v) is 21.4. The maximum atomic E-state index is 13.4. The molecule has 186 valence electrons. The van der Waals surface area contributed by atoms with Gasteiger partial charge in [-0.15, -0.1) is 0 Å². The van der Waals surface area contributed by atoms with E-state index in [0.717, 1.165) is 22.2 Å². The Morgan fingerprint density at radius 3 is 2.29 bits per heavy atom. The lowest BCUT2D eigenvalue weighted by Crippen LogP contribution is -2.41. The van der Waals surface area contributed by atoms with Crippen LogP contribution in [0, 0.1) is 12.7 Å². The lowest BCUT2D eigenvalue weighted by molar-refractivity contribution is -0.119. The Kier molecular flexibility index (Phi) is 9.56. The third kappa shape index (κ3) is 7.73. The van der Waals surface area contributed by atoms with Crippen molar-refractivity contribution in [2.75, 3.05) is 29.8 Å². The number of nitrogens with one attached hydrogen (secondary N) is 1. The number of thioether (sulfide) groups is 1. The normalized spacial score (nSPS) is 11.2. The van der Waals surface area contributed by atoms with Gasteiger partial charge in [0.1, 0.15) is 18.1 Å². The summed E-state index contributed by atoms with van der Waals surface area (Å²) in [6.07, 6.45) is 0. The average Bonchev–Trinajstić information content (AvgIpc) is 2.84. The third-order valence-electron chi connectivity index (χ3n) is 5.08. The molecule has 0 saturated carbocycles. The predicted octanol–water partition coefficient (Wildman–Crippen LogP) is 4.78. The molecule has 0 atom stereocenters. The minimum absolute atomic E-state index is 0.103. The molecule has 1 N–H and O–H groups in total. The molecule has 3 aromatic rings. The van der Waals surface area contributed by atoms with Gasteiger partial charge < -0.3 is 10.1 Å². The summed E-state index contributed by atoms with van der Waals surface area (Å²) in [7, 11) is -4.11. The van der Waals surface area contributed by atoms with Crippen molar-refractivity contribution in [1.29, 1.82) is 0 Å². The van der Waals surface area contributed by atoms with Crippen LogP contribution < -0.4 is 14.4 Å². The summed E-state index contributed by atoms with van der Waals surface area (Å²) >= 11 is 1.68. The van der Waals surface area contributed by atoms with Gasteiger partial charge in [-0.25, -0.2) is 12.8 Å².